The maximum absolute atomic E-state index is 4.47. The quantitative estimate of drug-likeness (QED) is 0.792. The molecule has 0 spiro atoms. The molecule has 23 heavy (non-hydrogen) atoms. The molecule has 1 N–H and O–H groups in total. The van der Waals surface area contributed by atoms with Crippen molar-refractivity contribution in [3.63, 3.8) is 0 Å². The van der Waals surface area contributed by atoms with E-state index < -0.39 is 0 Å². The van der Waals surface area contributed by atoms with E-state index in [2.05, 4.69) is 44.5 Å². The molecule has 0 radical (unpaired) electrons. The van der Waals surface area contributed by atoms with Crippen molar-refractivity contribution in [1.82, 2.24) is 19.9 Å². The highest BCUT2D eigenvalue weighted by molar-refractivity contribution is 7.98. The number of aromatic nitrogens is 3. The number of pyridine rings is 1. The summed E-state index contributed by atoms with van der Waals surface area (Å²) in [6.07, 6.45) is 12.9. The van der Waals surface area contributed by atoms with Gasteiger partial charge in [-0.2, -0.15) is 11.8 Å². The van der Waals surface area contributed by atoms with E-state index in [-0.39, 0.29) is 6.04 Å². The van der Waals surface area contributed by atoms with Crippen LogP contribution in [0.3, 0.4) is 0 Å². The van der Waals surface area contributed by atoms with Gasteiger partial charge in [-0.1, -0.05) is 18.2 Å². The summed E-state index contributed by atoms with van der Waals surface area (Å²) in [6, 6.07) is 6.36. The Balaban J connectivity index is 1.49. The molecular weight excluding hydrogens is 304 g/mol. The SMILES string of the molecule is CSCCC(NCC1CC2C=CC1C2)c1nnc2ccccn12. The van der Waals surface area contributed by atoms with Crippen molar-refractivity contribution in [3.8, 4) is 0 Å². The predicted octanol–water partition coefficient (Wildman–Crippen LogP) is 3.33. The van der Waals surface area contributed by atoms with Crippen molar-refractivity contribution in [2.45, 2.75) is 25.3 Å². The van der Waals surface area contributed by atoms with Crippen molar-refractivity contribution in [2.24, 2.45) is 17.8 Å². The van der Waals surface area contributed by atoms with Crippen molar-refractivity contribution < 1.29 is 0 Å². The third kappa shape index (κ3) is 3.04. The highest BCUT2D eigenvalue weighted by Crippen LogP contribution is 2.43. The fraction of sp³-hybridized carbons (Fsp3) is 0.556. The number of rotatable bonds is 7. The molecule has 2 aromatic rings. The number of hydrogen-bond acceptors (Lipinski definition) is 4. The van der Waals surface area contributed by atoms with Gasteiger partial charge in [0.25, 0.3) is 0 Å². The number of fused-ring (bicyclic) bond motifs is 3. The van der Waals surface area contributed by atoms with Crippen LogP contribution in [0.15, 0.2) is 36.5 Å². The number of hydrogen-bond donors (Lipinski definition) is 1. The molecule has 2 aliphatic carbocycles. The average molecular weight is 328 g/mol. The maximum atomic E-state index is 4.47. The molecule has 5 heteroatoms. The third-order valence-electron chi connectivity index (χ3n) is 5.31. The van der Waals surface area contributed by atoms with Gasteiger partial charge in [0.05, 0.1) is 6.04 Å². The molecular formula is C18H24N4S. The zero-order valence-corrected chi connectivity index (χ0v) is 14.4. The summed E-state index contributed by atoms with van der Waals surface area (Å²) >= 11 is 1.89. The summed E-state index contributed by atoms with van der Waals surface area (Å²) in [5.41, 5.74) is 0.932. The van der Waals surface area contributed by atoms with Gasteiger partial charge in [0.2, 0.25) is 0 Å². The first kappa shape index (κ1) is 15.2. The van der Waals surface area contributed by atoms with E-state index in [0.29, 0.717) is 0 Å². The van der Waals surface area contributed by atoms with Crippen molar-refractivity contribution in [3.05, 3.63) is 42.4 Å². The molecule has 4 unspecified atom stereocenters. The molecule has 4 rings (SSSR count). The molecule has 2 heterocycles. The lowest BCUT2D eigenvalue weighted by molar-refractivity contribution is 0.374. The predicted molar refractivity (Wildman–Crippen MR) is 95.6 cm³/mol. The molecule has 2 aromatic heterocycles. The number of thioether (sulfide) groups is 1. The van der Waals surface area contributed by atoms with Crippen LogP contribution in [0.25, 0.3) is 5.65 Å². The lowest BCUT2D eigenvalue weighted by Gasteiger charge is -2.23. The molecule has 4 atom stereocenters. The summed E-state index contributed by atoms with van der Waals surface area (Å²) in [6.45, 7) is 1.09. The van der Waals surface area contributed by atoms with Gasteiger partial charge in [-0.15, -0.1) is 10.2 Å². The maximum Gasteiger partial charge on any atom is 0.160 e. The van der Waals surface area contributed by atoms with Crippen LogP contribution in [-0.4, -0.2) is 33.2 Å². The molecule has 4 nitrogen and oxygen atoms in total. The highest BCUT2D eigenvalue weighted by atomic mass is 32.2. The van der Waals surface area contributed by atoms with Crippen LogP contribution >= 0.6 is 11.8 Å². The second-order valence-electron chi connectivity index (χ2n) is 6.77. The first-order valence-electron chi connectivity index (χ1n) is 8.55. The van der Waals surface area contributed by atoms with E-state index in [4.69, 9.17) is 0 Å². The van der Waals surface area contributed by atoms with Gasteiger partial charge >= 0.3 is 0 Å². The van der Waals surface area contributed by atoms with E-state index in [1.54, 1.807) is 0 Å². The van der Waals surface area contributed by atoms with E-state index >= 15 is 0 Å². The van der Waals surface area contributed by atoms with Gasteiger partial charge in [0.15, 0.2) is 11.5 Å². The fourth-order valence-corrected chi connectivity index (χ4v) is 4.55. The molecule has 122 valence electrons. The van der Waals surface area contributed by atoms with Gasteiger partial charge in [0.1, 0.15) is 0 Å². The molecule has 1 fully saturated rings. The minimum Gasteiger partial charge on any atom is -0.307 e. The monoisotopic (exact) mass is 328 g/mol. The molecule has 2 bridgehead atoms. The van der Waals surface area contributed by atoms with Gasteiger partial charge in [0, 0.05) is 6.20 Å². The number of nitrogens with zero attached hydrogens (tertiary/aromatic N) is 3. The second kappa shape index (κ2) is 6.65. The van der Waals surface area contributed by atoms with E-state index in [0.717, 1.165) is 47.9 Å². The Labute approximate surface area is 141 Å². The summed E-state index contributed by atoms with van der Waals surface area (Å²) < 4.78 is 2.12. The van der Waals surface area contributed by atoms with Crippen LogP contribution in [0, 0.1) is 17.8 Å². The second-order valence-corrected chi connectivity index (χ2v) is 7.76. The van der Waals surface area contributed by atoms with Crippen LogP contribution in [0.4, 0.5) is 0 Å². The third-order valence-corrected chi connectivity index (χ3v) is 5.95. The van der Waals surface area contributed by atoms with E-state index in [1.165, 1.54) is 12.8 Å². The van der Waals surface area contributed by atoms with Gasteiger partial charge < -0.3 is 5.32 Å². The number of allylic oxidation sites excluding steroid dienone is 2. The summed E-state index contributed by atoms with van der Waals surface area (Å²) in [5.74, 6) is 4.61. The van der Waals surface area contributed by atoms with Crippen LogP contribution in [0.5, 0.6) is 0 Å². The fourth-order valence-electron chi connectivity index (χ4n) is 4.08. The Morgan fingerprint density at radius 1 is 1.30 bits per heavy atom. The lowest BCUT2D eigenvalue weighted by atomic mass is 9.93. The van der Waals surface area contributed by atoms with Crippen LogP contribution in [0.1, 0.15) is 31.1 Å². The summed E-state index contributed by atoms with van der Waals surface area (Å²) in [5, 5.41) is 12.6. The van der Waals surface area contributed by atoms with Crippen LogP contribution in [0.2, 0.25) is 0 Å². The topological polar surface area (TPSA) is 42.2 Å². The standard InChI is InChI=1S/C18H24N4S/c1-23-9-7-16(18-21-20-17-4-2-3-8-22(17)18)19-12-15-11-13-5-6-14(15)10-13/h2-6,8,13-16,19H,7,9-12H2,1H3. The Morgan fingerprint density at radius 3 is 3.04 bits per heavy atom. The Morgan fingerprint density at radius 2 is 2.26 bits per heavy atom. The number of nitrogens with one attached hydrogen (secondary N) is 1. The van der Waals surface area contributed by atoms with E-state index in [9.17, 15) is 0 Å². The molecule has 1 saturated carbocycles. The Bertz CT molecular complexity index is 695. The summed E-state index contributed by atoms with van der Waals surface area (Å²) in [4.78, 5) is 0. The van der Waals surface area contributed by atoms with Gasteiger partial charge in [-0.05, 0) is 67.7 Å². The van der Waals surface area contributed by atoms with Crippen LogP contribution in [-0.2, 0) is 0 Å². The lowest BCUT2D eigenvalue weighted by Crippen LogP contribution is -2.30. The molecule has 2 aliphatic rings. The molecule has 0 amide bonds. The molecule has 0 aromatic carbocycles. The minimum atomic E-state index is 0.281. The molecule has 0 saturated heterocycles. The smallest absolute Gasteiger partial charge is 0.160 e. The Hall–Kier alpha value is -1.33. The normalized spacial score (nSPS) is 27.1. The van der Waals surface area contributed by atoms with Crippen molar-refractivity contribution >= 4 is 17.4 Å². The first-order chi connectivity index (χ1) is 11.3. The largest absolute Gasteiger partial charge is 0.307 e. The zero-order chi connectivity index (χ0) is 15.6. The average Bonchev–Trinajstić information content (AvgIpc) is 3.30. The minimum absolute atomic E-state index is 0.281. The Kier molecular flexibility index (Phi) is 4.40. The summed E-state index contributed by atoms with van der Waals surface area (Å²) in [7, 11) is 0. The van der Waals surface area contributed by atoms with Crippen LogP contribution < -0.4 is 5.32 Å². The van der Waals surface area contributed by atoms with Crippen molar-refractivity contribution in [1.29, 1.82) is 0 Å². The highest BCUT2D eigenvalue weighted by Gasteiger charge is 2.35. The van der Waals surface area contributed by atoms with Gasteiger partial charge in [-0.25, -0.2) is 0 Å². The first-order valence-corrected chi connectivity index (χ1v) is 9.95. The van der Waals surface area contributed by atoms with Crippen molar-refractivity contribution in [2.75, 3.05) is 18.6 Å². The van der Waals surface area contributed by atoms with Gasteiger partial charge in [-0.3, -0.25) is 4.40 Å². The molecule has 0 aliphatic heterocycles. The van der Waals surface area contributed by atoms with E-state index in [1.807, 2.05) is 30.0 Å². The zero-order valence-electron chi connectivity index (χ0n) is 13.6.